The Morgan fingerprint density at radius 3 is 2.61 bits per heavy atom. The summed E-state index contributed by atoms with van der Waals surface area (Å²) in [6, 6.07) is 17.6. The van der Waals surface area contributed by atoms with E-state index in [9.17, 15) is 8.42 Å². The minimum Gasteiger partial charge on any atom is -0.303 e. The van der Waals surface area contributed by atoms with E-state index in [4.69, 9.17) is 0 Å². The fourth-order valence-electron chi connectivity index (χ4n) is 5.19. The first kappa shape index (κ1) is 22.3. The SMILES string of the molecule is Cn1cc(S(=O)(=O)NCCc2ccc3c(c2)C(Cc2ccccc2)C(CN2CCC2)C3)cn1. The lowest BCUT2D eigenvalue weighted by Gasteiger charge is -2.35. The number of hydrogen-bond donors (Lipinski definition) is 1. The van der Waals surface area contributed by atoms with Crippen LogP contribution in [0.2, 0.25) is 0 Å². The highest BCUT2D eigenvalue weighted by Crippen LogP contribution is 2.41. The number of aryl methyl sites for hydroxylation is 1. The number of aromatic nitrogens is 2. The lowest BCUT2D eigenvalue weighted by atomic mass is 9.85. The van der Waals surface area contributed by atoms with Crippen LogP contribution in [-0.2, 0) is 36.3 Å². The largest absolute Gasteiger partial charge is 0.303 e. The highest BCUT2D eigenvalue weighted by atomic mass is 32.2. The molecule has 0 saturated carbocycles. The third-order valence-corrected chi connectivity index (χ3v) is 8.51. The lowest BCUT2D eigenvalue weighted by Crippen LogP contribution is -2.41. The van der Waals surface area contributed by atoms with Crippen LogP contribution in [0.4, 0.5) is 0 Å². The van der Waals surface area contributed by atoms with Gasteiger partial charge in [0, 0.05) is 26.3 Å². The summed E-state index contributed by atoms with van der Waals surface area (Å²) in [6.45, 7) is 4.00. The summed E-state index contributed by atoms with van der Waals surface area (Å²) in [6.07, 6.45) is 7.08. The van der Waals surface area contributed by atoms with Gasteiger partial charge in [0.15, 0.2) is 0 Å². The second kappa shape index (κ2) is 9.41. The van der Waals surface area contributed by atoms with Crippen molar-refractivity contribution in [2.75, 3.05) is 26.2 Å². The highest BCUT2D eigenvalue weighted by molar-refractivity contribution is 7.89. The highest BCUT2D eigenvalue weighted by Gasteiger charge is 2.34. The van der Waals surface area contributed by atoms with Gasteiger partial charge in [-0.15, -0.1) is 0 Å². The molecule has 1 fully saturated rings. The molecule has 1 saturated heterocycles. The van der Waals surface area contributed by atoms with Crippen LogP contribution in [-0.4, -0.2) is 49.3 Å². The topological polar surface area (TPSA) is 67.2 Å². The lowest BCUT2D eigenvalue weighted by molar-refractivity contribution is 0.145. The molecule has 1 N–H and O–H groups in total. The summed E-state index contributed by atoms with van der Waals surface area (Å²) in [5.41, 5.74) is 5.49. The zero-order valence-corrected chi connectivity index (χ0v) is 20.0. The number of hydrogen-bond acceptors (Lipinski definition) is 4. The maximum absolute atomic E-state index is 12.5. The smallest absolute Gasteiger partial charge is 0.243 e. The van der Waals surface area contributed by atoms with Gasteiger partial charge >= 0.3 is 0 Å². The van der Waals surface area contributed by atoms with Crippen molar-refractivity contribution in [3.05, 3.63) is 83.2 Å². The second-order valence-corrected chi connectivity index (χ2v) is 11.2. The number of sulfonamides is 1. The molecule has 174 valence electrons. The van der Waals surface area contributed by atoms with Crippen LogP contribution in [0, 0.1) is 5.92 Å². The molecular weight excluding hydrogens is 432 g/mol. The van der Waals surface area contributed by atoms with Crippen molar-refractivity contribution in [1.29, 1.82) is 0 Å². The van der Waals surface area contributed by atoms with E-state index in [2.05, 4.69) is 63.3 Å². The van der Waals surface area contributed by atoms with E-state index < -0.39 is 10.0 Å². The van der Waals surface area contributed by atoms with Crippen molar-refractivity contribution < 1.29 is 8.42 Å². The Morgan fingerprint density at radius 1 is 1.09 bits per heavy atom. The van der Waals surface area contributed by atoms with Gasteiger partial charge in [-0.2, -0.15) is 5.10 Å². The predicted molar refractivity (Wildman–Crippen MR) is 130 cm³/mol. The van der Waals surface area contributed by atoms with Crippen molar-refractivity contribution >= 4 is 10.0 Å². The van der Waals surface area contributed by atoms with Crippen molar-refractivity contribution in [2.45, 2.75) is 36.5 Å². The van der Waals surface area contributed by atoms with Gasteiger partial charge in [-0.05, 0) is 72.9 Å². The number of rotatable bonds is 9. The first-order chi connectivity index (χ1) is 16.0. The zero-order valence-electron chi connectivity index (χ0n) is 19.2. The number of nitrogens with zero attached hydrogens (tertiary/aromatic N) is 3. The molecule has 2 atom stereocenters. The molecule has 2 aromatic carbocycles. The van der Waals surface area contributed by atoms with E-state index in [-0.39, 0.29) is 4.90 Å². The standard InChI is InChI=1S/C26H32N4O2S/c1-29-19-24(17-27-29)33(31,32)28-11-10-21-8-9-22-16-23(18-30-12-5-13-30)26(25(22)15-21)14-20-6-3-2-4-7-20/h2-4,6-9,15,17,19,23,26,28H,5,10-14,16,18H2,1H3. The normalized spacial score (nSPS) is 20.5. The Bertz CT molecular complexity index is 1200. The molecule has 2 heterocycles. The molecule has 7 heteroatoms. The first-order valence-corrected chi connectivity index (χ1v) is 13.3. The van der Waals surface area contributed by atoms with Crippen molar-refractivity contribution in [2.24, 2.45) is 13.0 Å². The van der Waals surface area contributed by atoms with Gasteiger partial charge in [0.05, 0.1) is 6.20 Å². The monoisotopic (exact) mass is 464 g/mol. The second-order valence-electron chi connectivity index (χ2n) is 9.45. The van der Waals surface area contributed by atoms with E-state index in [1.165, 1.54) is 65.4 Å². The van der Waals surface area contributed by atoms with Crippen molar-refractivity contribution in [3.63, 3.8) is 0 Å². The van der Waals surface area contributed by atoms with E-state index in [1.807, 2.05) is 0 Å². The van der Waals surface area contributed by atoms with Gasteiger partial charge in [-0.1, -0.05) is 48.5 Å². The van der Waals surface area contributed by atoms with Crippen LogP contribution in [0.15, 0.2) is 65.8 Å². The summed E-state index contributed by atoms with van der Waals surface area (Å²) in [5.74, 6) is 1.15. The van der Waals surface area contributed by atoms with Gasteiger partial charge in [0.2, 0.25) is 10.0 Å². The molecule has 6 nitrogen and oxygen atoms in total. The van der Waals surface area contributed by atoms with Crippen LogP contribution in [0.5, 0.6) is 0 Å². The first-order valence-electron chi connectivity index (χ1n) is 11.8. The van der Waals surface area contributed by atoms with Crippen LogP contribution >= 0.6 is 0 Å². The molecule has 3 aromatic rings. The Balaban J connectivity index is 1.30. The molecule has 2 unspecified atom stereocenters. The Morgan fingerprint density at radius 2 is 1.91 bits per heavy atom. The Kier molecular flexibility index (Phi) is 6.36. The molecule has 1 aliphatic carbocycles. The van der Waals surface area contributed by atoms with Gasteiger partial charge in [-0.3, -0.25) is 4.68 Å². The summed E-state index contributed by atoms with van der Waals surface area (Å²) in [7, 11) is -1.82. The Hall–Kier alpha value is -2.48. The van der Waals surface area contributed by atoms with Crippen LogP contribution < -0.4 is 4.72 Å². The summed E-state index contributed by atoms with van der Waals surface area (Å²) in [4.78, 5) is 2.79. The average molecular weight is 465 g/mol. The number of nitrogens with one attached hydrogen (secondary N) is 1. The predicted octanol–water partition coefficient (Wildman–Crippen LogP) is 3.15. The average Bonchev–Trinajstić information content (AvgIpc) is 3.36. The van der Waals surface area contributed by atoms with Crippen LogP contribution in [0.3, 0.4) is 0 Å². The van der Waals surface area contributed by atoms with Gasteiger partial charge < -0.3 is 4.90 Å². The van der Waals surface area contributed by atoms with Crippen LogP contribution in [0.25, 0.3) is 0 Å². The summed E-state index contributed by atoms with van der Waals surface area (Å²) < 4.78 is 29.2. The maximum Gasteiger partial charge on any atom is 0.243 e. The molecule has 2 aliphatic rings. The Labute approximate surface area is 196 Å². The maximum atomic E-state index is 12.5. The van der Waals surface area contributed by atoms with Crippen LogP contribution in [0.1, 0.15) is 34.6 Å². The summed E-state index contributed by atoms with van der Waals surface area (Å²) in [5, 5.41) is 3.96. The number of likely N-dealkylation sites (tertiary alicyclic amines) is 1. The molecule has 0 amide bonds. The fourth-order valence-corrected chi connectivity index (χ4v) is 6.21. The van der Waals surface area contributed by atoms with E-state index in [1.54, 1.807) is 7.05 Å². The summed E-state index contributed by atoms with van der Waals surface area (Å²) >= 11 is 0. The van der Waals surface area contributed by atoms with E-state index in [0.717, 1.165) is 12.8 Å². The third-order valence-electron chi connectivity index (χ3n) is 7.10. The minimum atomic E-state index is -3.53. The molecule has 0 bridgehead atoms. The molecule has 1 aromatic heterocycles. The van der Waals surface area contributed by atoms with Gasteiger partial charge in [0.1, 0.15) is 4.90 Å². The van der Waals surface area contributed by atoms with Gasteiger partial charge in [-0.25, -0.2) is 13.1 Å². The molecule has 5 rings (SSSR count). The van der Waals surface area contributed by atoms with Gasteiger partial charge in [0.25, 0.3) is 0 Å². The number of fused-ring (bicyclic) bond motifs is 1. The molecule has 1 aliphatic heterocycles. The molecule has 0 spiro atoms. The van der Waals surface area contributed by atoms with Crippen molar-refractivity contribution in [1.82, 2.24) is 19.4 Å². The number of benzene rings is 2. The third kappa shape index (κ3) is 5.05. The molecular formula is C26H32N4O2S. The fraction of sp³-hybridized carbons (Fsp3) is 0.423. The zero-order chi connectivity index (χ0) is 22.8. The van der Waals surface area contributed by atoms with E-state index in [0.29, 0.717) is 24.8 Å². The molecule has 33 heavy (non-hydrogen) atoms. The molecule has 0 radical (unpaired) electrons. The quantitative estimate of drug-likeness (QED) is 0.528. The van der Waals surface area contributed by atoms with Crippen molar-refractivity contribution in [3.8, 4) is 0 Å². The van der Waals surface area contributed by atoms with E-state index >= 15 is 0 Å². The minimum absolute atomic E-state index is 0.204.